The van der Waals surface area contributed by atoms with Crippen molar-refractivity contribution in [1.29, 1.82) is 0 Å². The van der Waals surface area contributed by atoms with E-state index >= 15 is 0 Å². The maximum Gasteiger partial charge on any atom is 0.118 e. The minimum atomic E-state index is 0.174. The Morgan fingerprint density at radius 3 is 2.43 bits per heavy atom. The van der Waals surface area contributed by atoms with Crippen LogP contribution >= 0.6 is 0 Å². The van der Waals surface area contributed by atoms with Gasteiger partial charge in [-0.2, -0.15) is 5.10 Å². The number of nitrogens with zero attached hydrogens (tertiary/aromatic N) is 2. The third-order valence-electron chi connectivity index (χ3n) is 4.08. The van der Waals surface area contributed by atoms with Gasteiger partial charge in [0.1, 0.15) is 5.75 Å². The van der Waals surface area contributed by atoms with Crippen molar-refractivity contribution in [2.75, 3.05) is 5.32 Å². The van der Waals surface area contributed by atoms with Crippen LogP contribution in [0.15, 0.2) is 12.1 Å². The second-order valence-corrected chi connectivity index (χ2v) is 5.72. The predicted molar refractivity (Wildman–Crippen MR) is 87.0 cm³/mol. The summed E-state index contributed by atoms with van der Waals surface area (Å²) in [6.45, 7) is 13.2. The number of phenols is 1. The number of rotatable bonds is 4. The van der Waals surface area contributed by atoms with Gasteiger partial charge in [0.15, 0.2) is 0 Å². The molecular weight excluding hydrogens is 262 g/mol. The van der Waals surface area contributed by atoms with E-state index in [1.54, 1.807) is 6.07 Å². The number of hydrogen-bond donors (Lipinski definition) is 2. The van der Waals surface area contributed by atoms with Crippen LogP contribution in [0.4, 0.5) is 5.69 Å². The van der Waals surface area contributed by atoms with Crippen LogP contribution in [0.2, 0.25) is 0 Å². The molecule has 1 atom stereocenters. The molecule has 2 rings (SSSR count). The summed E-state index contributed by atoms with van der Waals surface area (Å²) in [4.78, 5) is 0. The Labute approximate surface area is 126 Å². The van der Waals surface area contributed by atoms with Gasteiger partial charge in [-0.1, -0.05) is 0 Å². The predicted octanol–water partition coefficient (Wildman–Crippen LogP) is 4.02. The summed E-state index contributed by atoms with van der Waals surface area (Å²) in [5.74, 6) is 0.344. The summed E-state index contributed by atoms with van der Waals surface area (Å²) >= 11 is 0. The third kappa shape index (κ3) is 2.89. The molecule has 0 saturated heterocycles. The molecule has 1 heterocycles. The number of hydrogen-bond acceptors (Lipinski definition) is 3. The molecule has 4 heteroatoms. The summed E-state index contributed by atoms with van der Waals surface area (Å²) in [5, 5.41) is 17.9. The minimum absolute atomic E-state index is 0.174. The van der Waals surface area contributed by atoms with Gasteiger partial charge in [0.05, 0.1) is 11.7 Å². The van der Waals surface area contributed by atoms with Gasteiger partial charge in [-0.05, 0) is 64.8 Å². The van der Waals surface area contributed by atoms with Crippen molar-refractivity contribution in [2.24, 2.45) is 0 Å². The Hall–Kier alpha value is -1.97. The topological polar surface area (TPSA) is 50.1 Å². The average molecular weight is 287 g/mol. The molecule has 0 aliphatic carbocycles. The van der Waals surface area contributed by atoms with Crippen LogP contribution < -0.4 is 5.32 Å². The van der Waals surface area contributed by atoms with Crippen molar-refractivity contribution in [3.05, 3.63) is 40.2 Å². The number of phenolic OH excluding ortho intramolecular Hbond substituents is 1. The fraction of sp³-hybridized carbons (Fsp3) is 0.471. The third-order valence-corrected chi connectivity index (χ3v) is 4.08. The average Bonchev–Trinajstić information content (AvgIpc) is 2.70. The first kappa shape index (κ1) is 15.4. The summed E-state index contributed by atoms with van der Waals surface area (Å²) in [7, 11) is 0. The van der Waals surface area contributed by atoms with E-state index in [0.717, 1.165) is 29.1 Å². The number of aryl methyl sites for hydroxylation is 4. The zero-order valence-corrected chi connectivity index (χ0v) is 13.8. The van der Waals surface area contributed by atoms with Crippen LogP contribution in [0, 0.1) is 27.7 Å². The minimum Gasteiger partial charge on any atom is -0.508 e. The normalized spacial score (nSPS) is 12.5. The highest BCUT2D eigenvalue weighted by molar-refractivity contribution is 5.58. The first-order valence-corrected chi connectivity index (χ1v) is 7.45. The van der Waals surface area contributed by atoms with Crippen molar-refractivity contribution in [3.63, 3.8) is 0 Å². The maximum absolute atomic E-state index is 9.76. The summed E-state index contributed by atoms with van der Waals surface area (Å²) in [5.41, 5.74) is 6.52. The molecule has 0 radical (unpaired) electrons. The molecule has 0 spiro atoms. The van der Waals surface area contributed by atoms with E-state index in [1.165, 1.54) is 11.3 Å². The quantitative estimate of drug-likeness (QED) is 0.835. The summed E-state index contributed by atoms with van der Waals surface area (Å²) in [6, 6.07) is 3.98. The van der Waals surface area contributed by atoms with E-state index in [2.05, 4.69) is 38.1 Å². The van der Waals surface area contributed by atoms with E-state index in [1.807, 2.05) is 24.6 Å². The summed E-state index contributed by atoms with van der Waals surface area (Å²) in [6.07, 6.45) is 0. The smallest absolute Gasteiger partial charge is 0.118 e. The van der Waals surface area contributed by atoms with E-state index in [0.29, 0.717) is 5.75 Å². The van der Waals surface area contributed by atoms with E-state index in [4.69, 9.17) is 0 Å². The van der Waals surface area contributed by atoms with Gasteiger partial charge in [0.2, 0.25) is 0 Å². The monoisotopic (exact) mass is 287 g/mol. The van der Waals surface area contributed by atoms with E-state index in [9.17, 15) is 5.11 Å². The lowest BCUT2D eigenvalue weighted by molar-refractivity contribution is 0.470. The Morgan fingerprint density at radius 2 is 1.86 bits per heavy atom. The summed E-state index contributed by atoms with van der Waals surface area (Å²) < 4.78 is 2.04. The highest BCUT2D eigenvalue weighted by atomic mass is 16.3. The van der Waals surface area contributed by atoms with Crippen LogP contribution in [0.3, 0.4) is 0 Å². The van der Waals surface area contributed by atoms with Gasteiger partial charge >= 0.3 is 0 Å². The maximum atomic E-state index is 9.76. The van der Waals surface area contributed by atoms with Gasteiger partial charge in [-0.15, -0.1) is 0 Å². The van der Waals surface area contributed by atoms with Crippen molar-refractivity contribution in [1.82, 2.24) is 9.78 Å². The molecule has 21 heavy (non-hydrogen) atoms. The van der Waals surface area contributed by atoms with Gasteiger partial charge in [0, 0.05) is 23.5 Å². The second kappa shape index (κ2) is 5.80. The highest BCUT2D eigenvalue weighted by Gasteiger charge is 2.17. The fourth-order valence-electron chi connectivity index (χ4n) is 2.91. The molecule has 114 valence electrons. The largest absolute Gasteiger partial charge is 0.508 e. The van der Waals surface area contributed by atoms with Gasteiger partial charge < -0.3 is 10.4 Å². The van der Waals surface area contributed by atoms with Crippen molar-refractivity contribution < 1.29 is 5.11 Å². The van der Waals surface area contributed by atoms with Gasteiger partial charge in [-0.25, -0.2) is 0 Å². The lowest BCUT2D eigenvalue weighted by Gasteiger charge is -2.19. The second-order valence-electron chi connectivity index (χ2n) is 5.72. The Morgan fingerprint density at radius 1 is 1.19 bits per heavy atom. The molecule has 1 aromatic heterocycles. The molecule has 2 aromatic rings. The Balaban J connectivity index is 2.32. The van der Waals surface area contributed by atoms with Crippen LogP contribution in [0.5, 0.6) is 5.75 Å². The molecule has 0 aliphatic heterocycles. The zero-order chi connectivity index (χ0) is 15.7. The number of aromatic hydroxyl groups is 1. The number of anilines is 1. The lowest BCUT2D eigenvalue weighted by atomic mass is 10.0. The first-order chi connectivity index (χ1) is 9.85. The van der Waals surface area contributed by atoms with Crippen molar-refractivity contribution in [3.8, 4) is 5.75 Å². The van der Waals surface area contributed by atoms with Gasteiger partial charge in [-0.3, -0.25) is 4.68 Å². The molecule has 0 fully saturated rings. The number of nitrogens with one attached hydrogen (secondary N) is 1. The highest BCUT2D eigenvalue weighted by Crippen LogP contribution is 2.30. The van der Waals surface area contributed by atoms with E-state index < -0.39 is 0 Å². The molecule has 0 bridgehead atoms. The van der Waals surface area contributed by atoms with Gasteiger partial charge in [0.25, 0.3) is 0 Å². The van der Waals surface area contributed by atoms with Crippen LogP contribution in [0.25, 0.3) is 0 Å². The fourth-order valence-corrected chi connectivity index (χ4v) is 2.91. The molecule has 0 amide bonds. The molecule has 1 unspecified atom stereocenters. The Kier molecular flexibility index (Phi) is 4.26. The van der Waals surface area contributed by atoms with Crippen molar-refractivity contribution >= 4 is 5.69 Å². The first-order valence-electron chi connectivity index (χ1n) is 7.45. The molecule has 0 aliphatic rings. The SMILES string of the molecule is CCn1nc(C)c(C(C)Nc2cc(C)c(O)cc2C)c1C. The van der Waals surface area contributed by atoms with E-state index in [-0.39, 0.29) is 6.04 Å². The number of aromatic nitrogens is 2. The number of benzene rings is 1. The molecule has 2 N–H and O–H groups in total. The van der Waals surface area contributed by atoms with Crippen LogP contribution in [-0.4, -0.2) is 14.9 Å². The van der Waals surface area contributed by atoms with Crippen LogP contribution in [-0.2, 0) is 6.54 Å². The van der Waals surface area contributed by atoms with Crippen LogP contribution in [0.1, 0.15) is 48.0 Å². The molecule has 4 nitrogen and oxygen atoms in total. The molecule has 1 aromatic carbocycles. The van der Waals surface area contributed by atoms with Crippen molar-refractivity contribution in [2.45, 2.75) is 54.1 Å². The Bertz CT molecular complexity index is 659. The zero-order valence-electron chi connectivity index (χ0n) is 13.8. The lowest BCUT2D eigenvalue weighted by Crippen LogP contribution is -2.10. The molecular formula is C17H25N3O. The molecule has 0 saturated carbocycles. The standard InChI is InChI=1S/C17H25N3O/c1-7-20-14(6)17(13(5)19-20)12(4)18-15-8-11(3)16(21)9-10(15)2/h8-9,12,18,21H,7H2,1-6H3.